The number of aromatic nitrogens is 3. The summed E-state index contributed by atoms with van der Waals surface area (Å²) in [5, 5.41) is 9.99. The third-order valence-electron chi connectivity index (χ3n) is 7.40. The highest BCUT2D eigenvalue weighted by Gasteiger charge is 2.55. The summed E-state index contributed by atoms with van der Waals surface area (Å²) >= 11 is 6.34. The van der Waals surface area contributed by atoms with Crippen molar-refractivity contribution >= 4 is 23.5 Å². The van der Waals surface area contributed by atoms with E-state index in [4.69, 9.17) is 11.6 Å². The first-order valence-electron chi connectivity index (χ1n) is 11.1. The Balaban J connectivity index is 1.16. The Kier molecular flexibility index (Phi) is 3.50. The van der Waals surface area contributed by atoms with E-state index in [0.29, 0.717) is 17.9 Å². The van der Waals surface area contributed by atoms with Crippen LogP contribution in [-0.4, -0.2) is 62.7 Å². The second kappa shape index (κ2) is 5.98. The average Bonchev–Trinajstić information content (AvgIpc) is 3.56. The molecule has 1 spiro atoms. The number of carbonyl (C=O) groups excluding carboxylic acids is 1. The molecule has 7 rings (SSSR count). The molecule has 1 amide bonds. The summed E-state index contributed by atoms with van der Waals surface area (Å²) in [6.07, 6.45) is 4.70. The van der Waals surface area contributed by atoms with Gasteiger partial charge in [0.25, 0.3) is 0 Å². The van der Waals surface area contributed by atoms with E-state index in [1.165, 1.54) is 18.4 Å². The molecule has 0 N–H and O–H groups in total. The lowest BCUT2D eigenvalue weighted by atomic mass is 9.73. The molecule has 2 saturated carbocycles. The van der Waals surface area contributed by atoms with Crippen LogP contribution in [0, 0.1) is 11.3 Å². The van der Waals surface area contributed by atoms with Crippen LogP contribution in [0.15, 0.2) is 18.2 Å². The fourth-order valence-corrected chi connectivity index (χ4v) is 5.72. The highest BCUT2D eigenvalue weighted by atomic mass is 35.5. The molecule has 0 bridgehead atoms. The topological polar surface area (TPSA) is 57.5 Å². The molecule has 4 fully saturated rings. The lowest BCUT2D eigenvalue weighted by molar-refractivity contribution is -0.146. The van der Waals surface area contributed by atoms with Gasteiger partial charge in [0.1, 0.15) is 0 Å². The molecule has 5 aliphatic rings. The van der Waals surface area contributed by atoms with E-state index in [2.05, 4.69) is 41.6 Å². The summed E-state index contributed by atoms with van der Waals surface area (Å²) < 4.78 is 2.24. The van der Waals surface area contributed by atoms with Gasteiger partial charge in [-0.25, -0.2) is 0 Å². The van der Waals surface area contributed by atoms with Gasteiger partial charge in [0, 0.05) is 55.1 Å². The number of hydrogen-bond acceptors (Lipinski definition) is 5. The van der Waals surface area contributed by atoms with Gasteiger partial charge >= 0.3 is 0 Å². The Bertz CT molecular complexity index is 1040. The molecule has 2 saturated heterocycles. The molecular formula is C22H25ClN6O. The number of fused-ring (bicyclic) bond motifs is 3. The Hall–Kier alpha value is -2.12. The first kappa shape index (κ1) is 17.5. The minimum atomic E-state index is 0.255. The zero-order chi connectivity index (χ0) is 20.0. The molecule has 0 atom stereocenters. The quantitative estimate of drug-likeness (QED) is 0.757. The van der Waals surface area contributed by atoms with Crippen LogP contribution in [0.3, 0.4) is 0 Å². The van der Waals surface area contributed by atoms with E-state index in [1.807, 2.05) is 6.07 Å². The predicted octanol–water partition coefficient (Wildman–Crippen LogP) is 2.46. The number of nitrogens with zero attached hydrogens (tertiary/aromatic N) is 6. The molecular weight excluding hydrogens is 400 g/mol. The van der Waals surface area contributed by atoms with Gasteiger partial charge in [-0.1, -0.05) is 11.6 Å². The van der Waals surface area contributed by atoms with Crippen LogP contribution in [0.4, 0.5) is 5.95 Å². The molecule has 30 heavy (non-hydrogen) atoms. The lowest BCUT2D eigenvalue weighted by Gasteiger charge is -2.60. The summed E-state index contributed by atoms with van der Waals surface area (Å²) in [7, 11) is 0. The molecule has 0 radical (unpaired) electrons. The molecule has 8 heteroatoms. The van der Waals surface area contributed by atoms with Crippen LogP contribution in [0.2, 0.25) is 5.02 Å². The second-order valence-corrected chi connectivity index (χ2v) is 10.4. The van der Waals surface area contributed by atoms with Crippen molar-refractivity contribution in [2.24, 2.45) is 11.3 Å². The Labute approximate surface area is 180 Å². The number of benzene rings is 1. The fourth-order valence-electron chi connectivity index (χ4n) is 5.53. The number of anilines is 1. The SMILES string of the molecule is O=C(C1CC1)N1CC2(C1)CN(c1nnc3n1-c1ccc(Cl)cc1CN(C1CC1)C3)C2. The van der Waals surface area contributed by atoms with Crippen LogP contribution in [-0.2, 0) is 17.9 Å². The average molecular weight is 425 g/mol. The number of hydrogen-bond donors (Lipinski definition) is 0. The van der Waals surface area contributed by atoms with Crippen molar-refractivity contribution in [3.8, 4) is 5.69 Å². The van der Waals surface area contributed by atoms with Crippen molar-refractivity contribution in [2.45, 2.75) is 44.8 Å². The molecule has 1 aromatic heterocycles. The zero-order valence-electron chi connectivity index (χ0n) is 16.9. The number of carbonyl (C=O) groups is 1. The van der Waals surface area contributed by atoms with Crippen molar-refractivity contribution in [2.75, 3.05) is 31.1 Å². The van der Waals surface area contributed by atoms with Crippen molar-refractivity contribution in [3.05, 3.63) is 34.6 Å². The van der Waals surface area contributed by atoms with Gasteiger partial charge in [-0.15, -0.1) is 10.2 Å². The third kappa shape index (κ3) is 2.64. The smallest absolute Gasteiger partial charge is 0.231 e. The van der Waals surface area contributed by atoms with E-state index in [0.717, 1.165) is 74.6 Å². The van der Waals surface area contributed by atoms with E-state index < -0.39 is 0 Å². The highest BCUT2D eigenvalue weighted by Crippen LogP contribution is 2.45. The number of likely N-dealkylation sites (tertiary alicyclic amines) is 1. The monoisotopic (exact) mass is 424 g/mol. The first-order valence-corrected chi connectivity index (χ1v) is 11.5. The van der Waals surface area contributed by atoms with Gasteiger partial charge in [-0.2, -0.15) is 0 Å². The van der Waals surface area contributed by atoms with Crippen molar-refractivity contribution in [3.63, 3.8) is 0 Å². The summed E-state index contributed by atoms with van der Waals surface area (Å²) in [6.45, 7) is 5.45. The van der Waals surface area contributed by atoms with Crippen LogP contribution in [0.1, 0.15) is 37.1 Å². The molecule has 7 nitrogen and oxygen atoms in total. The minimum Gasteiger partial charge on any atom is -0.341 e. The maximum absolute atomic E-state index is 12.3. The lowest BCUT2D eigenvalue weighted by Crippen LogP contribution is -2.73. The molecule has 4 heterocycles. The number of halogens is 1. The maximum atomic E-state index is 12.3. The largest absolute Gasteiger partial charge is 0.341 e. The van der Waals surface area contributed by atoms with E-state index >= 15 is 0 Å². The van der Waals surface area contributed by atoms with Gasteiger partial charge in [-0.05, 0) is 49.4 Å². The summed E-state index contributed by atoms with van der Waals surface area (Å²) in [5.41, 5.74) is 2.65. The van der Waals surface area contributed by atoms with Gasteiger partial charge < -0.3 is 9.80 Å². The van der Waals surface area contributed by atoms with Gasteiger partial charge in [0.2, 0.25) is 11.9 Å². The molecule has 2 aliphatic carbocycles. The second-order valence-electron chi connectivity index (χ2n) is 9.99. The van der Waals surface area contributed by atoms with Crippen LogP contribution < -0.4 is 4.90 Å². The minimum absolute atomic E-state index is 0.255. The first-order chi connectivity index (χ1) is 14.6. The maximum Gasteiger partial charge on any atom is 0.231 e. The highest BCUT2D eigenvalue weighted by molar-refractivity contribution is 6.30. The van der Waals surface area contributed by atoms with Crippen LogP contribution in [0.5, 0.6) is 0 Å². The standard InChI is InChI=1S/C22H25ClN6O/c23-16-3-6-18-15(7-16)8-26(17-4-5-17)9-19-24-25-21(29(18)19)28-12-22(13-28)10-27(11-22)20(30)14-1-2-14/h3,6-7,14,17H,1-2,4-5,8-13H2. The van der Waals surface area contributed by atoms with Gasteiger partial charge in [0.15, 0.2) is 5.82 Å². The summed E-state index contributed by atoms with van der Waals surface area (Å²) in [4.78, 5) is 19.2. The Morgan fingerprint density at radius 2 is 1.83 bits per heavy atom. The van der Waals surface area contributed by atoms with E-state index in [9.17, 15) is 4.79 Å². The molecule has 0 unspecified atom stereocenters. The van der Waals surface area contributed by atoms with E-state index in [1.54, 1.807) is 0 Å². The zero-order valence-corrected chi connectivity index (χ0v) is 17.7. The number of amides is 1. The van der Waals surface area contributed by atoms with Crippen LogP contribution >= 0.6 is 11.6 Å². The van der Waals surface area contributed by atoms with Crippen molar-refractivity contribution in [1.82, 2.24) is 24.6 Å². The molecule has 1 aromatic carbocycles. The van der Waals surface area contributed by atoms with Gasteiger partial charge in [-0.3, -0.25) is 14.3 Å². The third-order valence-corrected chi connectivity index (χ3v) is 7.64. The van der Waals surface area contributed by atoms with Crippen LogP contribution in [0.25, 0.3) is 5.69 Å². The normalized spacial score (nSPS) is 24.7. The summed E-state index contributed by atoms with van der Waals surface area (Å²) in [6, 6.07) is 6.82. The van der Waals surface area contributed by atoms with Gasteiger partial charge in [0.05, 0.1) is 12.2 Å². The molecule has 2 aromatic rings. The summed E-state index contributed by atoms with van der Waals surface area (Å²) in [5.74, 6) is 2.65. The fraction of sp³-hybridized carbons (Fsp3) is 0.591. The number of rotatable bonds is 3. The Morgan fingerprint density at radius 3 is 2.57 bits per heavy atom. The van der Waals surface area contributed by atoms with Crippen molar-refractivity contribution < 1.29 is 4.79 Å². The predicted molar refractivity (Wildman–Crippen MR) is 113 cm³/mol. The molecule has 3 aliphatic heterocycles. The van der Waals surface area contributed by atoms with E-state index in [-0.39, 0.29) is 5.41 Å². The Morgan fingerprint density at radius 1 is 1.03 bits per heavy atom. The van der Waals surface area contributed by atoms with Crippen molar-refractivity contribution in [1.29, 1.82) is 0 Å². The molecule has 156 valence electrons.